The average molecular weight is 527 g/mol. The van der Waals surface area contributed by atoms with Gasteiger partial charge in [-0.3, -0.25) is 4.90 Å². The van der Waals surface area contributed by atoms with E-state index in [9.17, 15) is 18.6 Å². The molecule has 0 saturated carbocycles. The first-order valence-corrected chi connectivity index (χ1v) is 12.2. The van der Waals surface area contributed by atoms with E-state index in [4.69, 9.17) is 4.74 Å². The van der Waals surface area contributed by atoms with Crippen molar-refractivity contribution in [2.24, 2.45) is 0 Å². The van der Waals surface area contributed by atoms with Crippen molar-refractivity contribution in [2.45, 2.75) is 28.6 Å². The first-order valence-electron chi connectivity index (χ1n) is 9.87. The number of aliphatic hydroxyl groups is 2. The molecule has 2 aromatic heterocycles. The van der Waals surface area contributed by atoms with Crippen molar-refractivity contribution in [3.8, 4) is 0 Å². The van der Waals surface area contributed by atoms with E-state index in [0.29, 0.717) is 13.1 Å². The third kappa shape index (κ3) is 5.91. The Bertz CT molecular complexity index is 915. The van der Waals surface area contributed by atoms with Crippen LogP contribution in [0.3, 0.4) is 0 Å². The molecule has 13 heteroatoms. The number of aromatic nitrogens is 1. The van der Waals surface area contributed by atoms with Crippen LogP contribution in [0.5, 0.6) is 0 Å². The van der Waals surface area contributed by atoms with Crippen LogP contribution in [-0.2, 0) is 14.8 Å². The highest BCUT2D eigenvalue weighted by Crippen LogP contribution is 2.28. The van der Waals surface area contributed by atoms with Gasteiger partial charge in [0.2, 0.25) is 10.0 Å². The summed E-state index contributed by atoms with van der Waals surface area (Å²) >= 11 is 1.14. The lowest BCUT2D eigenvalue weighted by Gasteiger charge is -2.40. The number of thiophene rings is 1. The predicted octanol–water partition coefficient (Wildman–Crippen LogP) is 0.576. The Labute approximate surface area is 204 Å². The van der Waals surface area contributed by atoms with Crippen LogP contribution in [0.1, 0.15) is 0 Å². The zero-order valence-corrected chi connectivity index (χ0v) is 20.5. The van der Waals surface area contributed by atoms with Gasteiger partial charge in [-0.25, -0.2) is 18.1 Å². The molecule has 180 valence electrons. The van der Waals surface area contributed by atoms with Gasteiger partial charge in [-0.2, -0.15) is 0 Å². The van der Waals surface area contributed by atoms with Gasteiger partial charge >= 0.3 is 0 Å². The molecule has 32 heavy (non-hydrogen) atoms. The fraction of sp³-hybridized carbons (Fsp3) is 0.526. The molecule has 4 atom stereocenters. The molecule has 2 aromatic rings. The minimum Gasteiger partial charge on any atom is -0.394 e. The number of ether oxygens (including phenoxy) is 1. The van der Waals surface area contributed by atoms with Gasteiger partial charge in [0.1, 0.15) is 22.2 Å². The van der Waals surface area contributed by atoms with Crippen molar-refractivity contribution in [3.63, 3.8) is 0 Å². The largest absolute Gasteiger partial charge is 0.394 e. The van der Waals surface area contributed by atoms with Crippen molar-refractivity contribution in [2.75, 3.05) is 44.2 Å². The SMILES string of the molecule is Cl.Cl.O=S(=O)(NC[C@H]1O[C@@H](CO)[C@@H](O)[C@H]1N1CCN(c2ccccn2)CC1)c1cccs1. The Morgan fingerprint density at radius 1 is 1.12 bits per heavy atom. The Morgan fingerprint density at radius 2 is 1.88 bits per heavy atom. The van der Waals surface area contributed by atoms with Gasteiger partial charge < -0.3 is 19.8 Å². The van der Waals surface area contributed by atoms with Crippen molar-refractivity contribution >= 4 is 52.0 Å². The normalized spacial score (nSPS) is 26.4. The fourth-order valence-corrected chi connectivity index (χ4v) is 6.15. The van der Waals surface area contributed by atoms with Gasteiger partial charge in [0.25, 0.3) is 0 Å². The highest BCUT2D eigenvalue weighted by Gasteiger charge is 2.47. The number of pyridine rings is 1. The van der Waals surface area contributed by atoms with Crippen LogP contribution in [0.4, 0.5) is 5.82 Å². The van der Waals surface area contributed by atoms with Crippen LogP contribution >= 0.6 is 36.2 Å². The molecule has 0 spiro atoms. The van der Waals surface area contributed by atoms with Crippen LogP contribution in [0.2, 0.25) is 0 Å². The van der Waals surface area contributed by atoms with E-state index < -0.39 is 34.4 Å². The summed E-state index contributed by atoms with van der Waals surface area (Å²) in [6.07, 6.45) is -0.432. The van der Waals surface area contributed by atoms with Crippen LogP contribution < -0.4 is 9.62 Å². The van der Waals surface area contributed by atoms with E-state index in [1.54, 1.807) is 23.7 Å². The minimum absolute atomic E-state index is 0. The third-order valence-corrected chi connectivity index (χ3v) is 8.41. The van der Waals surface area contributed by atoms with Crippen LogP contribution in [0, 0.1) is 0 Å². The maximum Gasteiger partial charge on any atom is 0.250 e. The van der Waals surface area contributed by atoms with Gasteiger partial charge in [-0.1, -0.05) is 12.1 Å². The number of nitrogens with one attached hydrogen (secondary N) is 1. The van der Waals surface area contributed by atoms with E-state index in [1.807, 2.05) is 18.2 Å². The van der Waals surface area contributed by atoms with Crippen LogP contribution in [-0.4, -0.2) is 92.2 Å². The topological polar surface area (TPSA) is 115 Å². The van der Waals surface area contributed by atoms with Crippen molar-refractivity contribution in [3.05, 3.63) is 41.9 Å². The summed E-state index contributed by atoms with van der Waals surface area (Å²) in [6.45, 7) is 2.52. The van der Waals surface area contributed by atoms with Crippen LogP contribution in [0.25, 0.3) is 0 Å². The second-order valence-electron chi connectivity index (χ2n) is 7.37. The third-order valence-electron chi connectivity index (χ3n) is 5.58. The Morgan fingerprint density at radius 3 is 2.47 bits per heavy atom. The first-order chi connectivity index (χ1) is 14.5. The Hall–Kier alpha value is -1.02. The summed E-state index contributed by atoms with van der Waals surface area (Å²) in [5.41, 5.74) is 0. The lowest BCUT2D eigenvalue weighted by Crippen LogP contribution is -2.57. The summed E-state index contributed by atoms with van der Waals surface area (Å²) in [4.78, 5) is 8.68. The molecule has 9 nitrogen and oxygen atoms in total. The van der Waals surface area contributed by atoms with Gasteiger partial charge in [0.15, 0.2) is 0 Å². The molecular weight excluding hydrogens is 499 g/mol. The van der Waals surface area contributed by atoms with E-state index in [0.717, 1.165) is 30.2 Å². The lowest BCUT2D eigenvalue weighted by molar-refractivity contribution is -0.0201. The molecule has 4 heterocycles. The van der Waals surface area contributed by atoms with E-state index in [2.05, 4.69) is 19.5 Å². The van der Waals surface area contributed by atoms with Gasteiger partial charge in [-0.05, 0) is 23.6 Å². The molecule has 2 aliphatic rings. The second kappa shape index (κ2) is 11.9. The standard InChI is InChI=1S/C19H26N4O5S2.2ClH/c24-13-15-19(25)18(14(28-15)12-21-30(26,27)17-5-3-11-29-17)23-9-7-22(8-10-23)16-4-1-2-6-20-16;;/h1-6,11,14-15,18-19,21,24-25H,7-10,12-13H2;2*1H/t14-,15+,18+,19-;;/m1../s1. The number of nitrogens with zero attached hydrogens (tertiary/aromatic N) is 3. The zero-order chi connectivity index (χ0) is 21.1. The Kier molecular flexibility index (Phi) is 10.1. The molecule has 2 fully saturated rings. The predicted molar refractivity (Wildman–Crippen MR) is 128 cm³/mol. The highest BCUT2D eigenvalue weighted by molar-refractivity contribution is 7.91. The number of piperazine rings is 1. The molecule has 0 aromatic carbocycles. The number of anilines is 1. The molecule has 0 unspecified atom stereocenters. The summed E-state index contributed by atoms with van der Waals surface area (Å²) in [5.74, 6) is 0.911. The van der Waals surface area contributed by atoms with Gasteiger partial charge in [0.05, 0.1) is 18.8 Å². The maximum absolute atomic E-state index is 12.5. The zero-order valence-electron chi connectivity index (χ0n) is 17.2. The van der Waals surface area contributed by atoms with Crippen molar-refractivity contribution < 1.29 is 23.4 Å². The molecule has 0 amide bonds. The number of aliphatic hydroxyl groups excluding tert-OH is 2. The number of rotatable bonds is 7. The Balaban J connectivity index is 0.00000181. The molecule has 4 rings (SSSR count). The first kappa shape index (κ1) is 27.2. The number of hydrogen-bond donors (Lipinski definition) is 3. The molecule has 2 aliphatic heterocycles. The summed E-state index contributed by atoms with van der Waals surface area (Å²) in [5, 5.41) is 22.0. The second-order valence-corrected chi connectivity index (χ2v) is 10.3. The number of halogens is 2. The van der Waals surface area contributed by atoms with E-state index in [1.165, 1.54) is 0 Å². The average Bonchev–Trinajstić information content (AvgIpc) is 3.42. The molecule has 0 aliphatic carbocycles. The highest BCUT2D eigenvalue weighted by atomic mass is 35.5. The fourth-order valence-electron chi connectivity index (χ4n) is 4.07. The summed E-state index contributed by atoms with van der Waals surface area (Å²) in [7, 11) is -3.64. The van der Waals surface area contributed by atoms with Gasteiger partial charge in [0, 0.05) is 38.9 Å². The minimum atomic E-state index is -3.64. The van der Waals surface area contributed by atoms with E-state index in [-0.39, 0.29) is 42.2 Å². The van der Waals surface area contributed by atoms with Gasteiger partial charge in [-0.15, -0.1) is 36.2 Å². The van der Waals surface area contributed by atoms with Crippen molar-refractivity contribution in [1.82, 2.24) is 14.6 Å². The molecule has 2 saturated heterocycles. The van der Waals surface area contributed by atoms with Crippen LogP contribution in [0.15, 0.2) is 46.1 Å². The van der Waals surface area contributed by atoms with Crippen molar-refractivity contribution in [1.29, 1.82) is 0 Å². The maximum atomic E-state index is 12.5. The molecule has 0 radical (unpaired) electrons. The molecular formula is C19H28Cl2N4O5S2. The smallest absolute Gasteiger partial charge is 0.250 e. The lowest BCUT2D eigenvalue weighted by atomic mass is 10.0. The summed E-state index contributed by atoms with van der Waals surface area (Å²) < 4.78 is 33.6. The number of sulfonamides is 1. The van der Waals surface area contributed by atoms with E-state index >= 15 is 0 Å². The number of hydrogen-bond acceptors (Lipinski definition) is 9. The molecule has 0 bridgehead atoms. The molecule has 3 N–H and O–H groups in total. The quantitative estimate of drug-likeness (QED) is 0.479. The monoisotopic (exact) mass is 526 g/mol. The summed E-state index contributed by atoms with van der Waals surface area (Å²) in [6, 6.07) is 8.61.